The molecule has 0 radical (unpaired) electrons. The van der Waals surface area contributed by atoms with Crippen LogP contribution in [0.4, 0.5) is 0 Å². The van der Waals surface area contributed by atoms with Gasteiger partial charge in [-0.25, -0.2) is 9.36 Å². The van der Waals surface area contributed by atoms with Gasteiger partial charge in [0.05, 0.1) is 12.5 Å². The molecule has 1 aromatic rings. The number of rotatable bonds is 8. The van der Waals surface area contributed by atoms with E-state index in [4.69, 9.17) is 29.5 Å². The van der Waals surface area contributed by atoms with Gasteiger partial charge < -0.3 is 9.47 Å². The highest BCUT2D eigenvalue weighted by molar-refractivity contribution is 7.48. The van der Waals surface area contributed by atoms with Crippen LogP contribution in [0.15, 0.2) is 21.9 Å². The van der Waals surface area contributed by atoms with Crippen LogP contribution in [0.3, 0.4) is 0 Å². The Hall–Kier alpha value is -2.22. The molecule has 12 heteroatoms. The van der Waals surface area contributed by atoms with Gasteiger partial charge in [-0.2, -0.15) is 0 Å². The van der Waals surface area contributed by atoms with Crippen molar-refractivity contribution in [1.82, 2.24) is 9.55 Å². The topological polar surface area (TPSA) is 135 Å². The summed E-state index contributed by atoms with van der Waals surface area (Å²) >= 11 is 0. The van der Waals surface area contributed by atoms with Crippen LogP contribution < -0.4 is 11.2 Å². The fraction of sp³-hybridized carbons (Fsp3) is 0.696. The summed E-state index contributed by atoms with van der Waals surface area (Å²) in [7, 11) is -3.99. The van der Waals surface area contributed by atoms with Gasteiger partial charge in [-0.1, -0.05) is 12.8 Å². The van der Waals surface area contributed by atoms with E-state index in [0.29, 0.717) is 12.8 Å². The summed E-state index contributed by atoms with van der Waals surface area (Å²) in [5, 5.41) is 0. The van der Waals surface area contributed by atoms with E-state index >= 15 is 0 Å². The van der Waals surface area contributed by atoms with Gasteiger partial charge in [0, 0.05) is 12.3 Å². The molecule has 35 heavy (non-hydrogen) atoms. The lowest BCUT2D eigenvalue weighted by atomic mass is 9.81. The zero-order chi connectivity index (χ0) is 25.0. The zero-order valence-corrected chi connectivity index (χ0v) is 20.5. The second kappa shape index (κ2) is 8.71. The Morgan fingerprint density at radius 1 is 1.37 bits per heavy atom. The third kappa shape index (κ3) is 3.83. The van der Waals surface area contributed by atoms with E-state index in [1.165, 1.54) is 16.8 Å². The number of ether oxygens (including phenoxy) is 2. The summed E-state index contributed by atoms with van der Waals surface area (Å²) in [6.45, 7) is 3.51. The number of terminal acetylenes is 1. The maximum atomic E-state index is 13.2. The summed E-state index contributed by atoms with van der Waals surface area (Å²) in [5.74, 6) is 1.98. The molecule has 0 amide bonds. The lowest BCUT2D eigenvalue weighted by Gasteiger charge is -2.32. The zero-order valence-electron chi connectivity index (χ0n) is 19.6. The van der Waals surface area contributed by atoms with Crippen molar-refractivity contribution in [2.75, 3.05) is 6.61 Å². The maximum Gasteiger partial charge on any atom is 0.476 e. The monoisotopic (exact) mass is 508 g/mol. The molecule has 1 spiro atoms. The minimum Gasteiger partial charge on any atom is -0.462 e. The van der Waals surface area contributed by atoms with E-state index in [0.717, 1.165) is 25.7 Å². The van der Waals surface area contributed by atoms with Crippen molar-refractivity contribution in [3.05, 3.63) is 33.1 Å². The number of carbonyl (C=O) groups is 1. The Morgan fingerprint density at radius 2 is 2.11 bits per heavy atom. The van der Waals surface area contributed by atoms with Crippen LogP contribution in [0.1, 0.15) is 58.6 Å². The summed E-state index contributed by atoms with van der Waals surface area (Å²) in [5.41, 5.74) is -3.74. The summed E-state index contributed by atoms with van der Waals surface area (Å²) in [6, 6.07) is 1.18. The average molecular weight is 508 g/mol. The highest BCUT2D eigenvalue weighted by Gasteiger charge is 2.90. The van der Waals surface area contributed by atoms with Crippen LogP contribution in [0.25, 0.3) is 0 Å². The van der Waals surface area contributed by atoms with Crippen LogP contribution in [-0.2, 0) is 32.4 Å². The molecular formula is C23H29N2O9P. The molecule has 4 fully saturated rings. The number of phosphoric acid groups is 1. The third-order valence-electron chi connectivity index (χ3n) is 7.63. The van der Waals surface area contributed by atoms with Crippen LogP contribution in [0.2, 0.25) is 0 Å². The van der Waals surface area contributed by atoms with Crippen molar-refractivity contribution < 1.29 is 32.4 Å². The van der Waals surface area contributed by atoms with Gasteiger partial charge >= 0.3 is 19.5 Å². The number of hydrogen-bond donors (Lipinski definition) is 1. The van der Waals surface area contributed by atoms with Crippen molar-refractivity contribution in [1.29, 1.82) is 0 Å². The fourth-order valence-corrected chi connectivity index (χ4v) is 7.27. The van der Waals surface area contributed by atoms with Gasteiger partial charge in [-0.3, -0.25) is 32.7 Å². The molecule has 5 rings (SSSR count). The molecule has 2 unspecified atom stereocenters. The highest BCUT2D eigenvalue weighted by Crippen LogP contribution is 2.79. The molecule has 4 aliphatic rings. The predicted molar refractivity (Wildman–Crippen MR) is 121 cm³/mol. The van der Waals surface area contributed by atoms with Crippen LogP contribution in [0.5, 0.6) is 0 Å². The Bertz CT molecular complexity index is 1210. The Kier molecular flexibility index (Phi) is 6.09. The number of aromatic nitrogens is 2. The first-order valence-corrected chi connectivity index (χ1v) is 13.4. The molecule has 1 aromatic heterocycles. The number of esters is 1. The van der Waals surface area contributed by atoms with Crippen molar-refractivity contribution in [3.8, 4) is 12.3 Å². The standard InChI is InChI=1S/C23H29N2O9P/c1-4-14(19(27)31-15-8-6-7-9-15)11-13-30-35(29)33-18-17-23(18,34-35)22(3,5-2)20(32-17)25-12-10-16(26)24-21(25)28/h2,10,12,14-15,17-18,20H,4,6-9,11,13H2,1,3H3,(H,24,26,28)/t14?,17-,18?,20-,22+,23+,35+/m1/s1. The molecule has 7 atom stereocenters. The fourth-order valence-electron chi connectivity index (χ4n) is 5.47. The largest absolute Gasteiger partial charge is 0.476 e. The molecular weight excluding hydrogens is 479 g/mol. The number of hydrogen-bond acceptors (Lipinski definition) is 9. The molecule has 2 saturated heterocycles. The van der Waals surface area contributed by atoms with E-state index in [1.54, 1.807) is 6.92 Å². The first-order valence-electron chi connectivity index (χ1n) is 12.0. The van der Waals surface area contributed by atoms with Crippen molar-refractivity contribution in [3.63, 3.8) is 0 Å². The van der Waals surface area contributed by atoms with Gasteiger partial charge in [0.25, 0.3) is 5.56 Å². The quantitative estimate of drug-likeness (QED) is 0.319. The first-order chi connectivity index (χ1) is 16.7. The Labute approximate surface area is 202 Å². The highest BCUT2D eigenvalue weighted by atomic mass is 31.2. The number of phosphoric ester groups is 1. The smallest absolute Gasteiger partial charge is 0.462 e. The molecule has 190 valence electrons. The van der Waals surface area contributed by atoms with E-state index in [9.17, 15) is 18.9 Å². The Balaban J connectivity index is 1.24. The number of nitrogens with one attached hydrogen (secondary N) is 1. The minimum absolute atomic E-state index is 0.0211. The van der Waals surface area contributed by atoms with E-state index in [1.807, 2.05) is 6.92 Å². The number of aromatic amines is 1. The summed E-state index contributed by atoms with van der Waals surface area (Å²) in [4.78, 5) is 38.4. The van der Waals surface area contributed by atoms with Gasteiger partial charge in [0.15, 0.2) is 11.8 Å². The van der Waals surface area contributed by atoms with E-state index in [2.05, 4.69) is 10.9 Å². The second-order valence-corrected chi connectivity index (χ2v) is 11.2. The number of fused-ring (bicyclic) bond motifs is 1. The molecule has 0 bridgehead atoms. The van der Waals surface area contributed by atoms with Gasteiger partial charge in [-0.15, -0.1) is 6.42 Å². The lowest BCUT2D eigenvalue weighted by molar-refractivity contribution is -0.154. The summed E-state index contributed by atoms with van der Waals surface area (Å²) < 4.78 is 43.0. The second-order valence-electron chi connectivity index (χ2n) is 9.70. The molecule has 0 aromatic carbocycles. The third-order valence-corrected chi connectivity index (χ3v) is 9.14. The van der Waals surface area contributed by atoms with Gasteiger partial charge in [0.1, 0.15) is 23.7 Å². The normalized spacial score (nSPS) is 38.5. The number of H-pyrrole nitrogens is 1. The van der Waals surface area contributed by atoms with Crippen LogP contribution >= 0.6 is 7.82 Å². The molecule has 2 aliphatic heterocycles. The van der Waals surface area contributed by atoms with Crippen molar-refractivity contribution in [2.45, 2.75) is 82.5 Å². The van der Waals surface area contributed by atoms with Crippen LogP contribution in [0, 0.1) is 23.7 Å². The van der Waals surface area contributed by atoms with Gasteiger partial charge in [0.2, 0.25) is 0 Å². The molecule has 11 nitrogen and oxygen atoms in total. The minimum atomic E-state index is -3.99. The molecule has 1 N–H and O–H groups in total. The van der Waals surface area contributed by atoms with Crippen LogP contribution in [-0.4, -0.2) is 46.0 Å². The Morgan fingerprint density at radius 3 is 2.77 bits per heavy atom. The maximum absolute atomic E-state index is 13.2. The average Bonchev–Trinajstić information content (AvgIpc) is 3.21. The van der Waals surface area contributed by atoms with Crippen molar-refractivity contribution >= 4 is 13.8 Å². The summed E-state index contributed by atoms with van der Waals surface area (Å²) in [6.07, 6.45) is 9.57. The molecule has 2 aliphatic carbocycles. The van der Waals surface area contributed by atoms with E-state index in [-0.39, 0.29) is 24.6 Å². The van der Waals surface area contributed by atoms with Crippen molar-refractivity contribution in [2.24, 2.45) is 11.3 Å². The SMILES string of the molecule is C#C[C@@]1(C)[C@H](n2ccc(=O)[nH]c2=O)O[C@@H]2C3O[P@](=O)(OCCC(CC)C(=O)OC4CCCC4)O[C@]321. The molecule has 2 saturated carbocycles. The first kappa shape index (κ1) is 24.5. The number of carbonyl (C=O) groups excluding carboxylic acids is 1. The predicted octanol–water partition coefficient (Wildman–Crippen LogP) is 2.27. The van der Waals surface area contributed by atoms with Gasteiger partial charge in [-0.05, 0) is 45.4 Å². The number of nitrogens with zero attached hydrogens (tertiary/aromatic N) is 1. The van der Waals surface area contributed by atoms with E-state index < -0.39 is 48.5 Å². The lowest BCUT2D eigenvalue weighted by Crippen LogP contribution is -2.44. The molecule has 3 heterocycles.